The lowest BCUT2D eigenvalue weighted by atomic mass is 9.99. The van der Waals surface area contributed by atoms with Crippen molar-refractivity contribution in [3.05, 3.63) is 29.3 Å². The Morgan fingerprint density at radius 3 is 2.78 bits per heavy atom. The van der Waals surface area contributed by atoms with Crippen LogP contribution in [0, 0.1) is 12.8 Å². The molecule has 1 aromatic carbocycles. The zero-order chi connectivity index (χ0) is 19.4. The molecule has 1 amide bonds. The minimum absolute atomic E-state index is 0.00105. The summed E-state index contributed by atoms with van der Waals surface area (Å²) in [6, 6.07) is 4.90. The van der Waals surface area contributed by atoms with Crippen LogP contribution in [0.3, 0.4) is 0 Å². The highest BCUT2D eigenvalue weighted by atomic mass is 32.2. The molecule has 150 valence electrons. The molecule has 2 heterocycles. The quantitative estimate of drug-likeness (QED) is 0.805. The molecule has 0 radical (unpaired) electrons. The smallest absolute Gasteiger partial charge is 0.251 e. The maximum Gasteiger partial charge on any atom is 0.251 e. The van der Waals surface area contributed by atoms with Gasteiger partial charge in [-0.25, -0.2) is 8.42 Å². The van der Waals surface area contributed by atoms with Gasteiger partial charge in [-0.2, -0.15) is 4.31 Å². The number of carbonyl (C=O) groups is 1. The van der Waals surface area contributed by atoms with Crippen LogP contribution in [0.5, 0.6) is 0 Å². The van der Waals surface area contributed by atoms with E-state index < -0.39 is 10.0 Å². The molecule has 0 bridgehead atoms. The molecule has 2 atom stereocenters. The van der Waals surface area contributed by atoms with Gasteiger partial charge in [-0.1, -0.05) is 12.5 Å². The van der Waals surface area contributed by atoms with Crippen LogP contribution >= 0.6 is 0 Å². The zero-order valence-corrected chi connectivity index (χ0v) is 17.1. The standard InChI is InChI=1S/C20H31N3O3S/c1-15-8-9-18(27(25,26)23-11-4-3-6-16(23)2)12-19(15)20(24)22-14-17-7-5-10-21-13-17/h8-9,12,16-17,21H,3-7,10-11,13-14H2,1-2H3,(H,22,24). The minimum Gasteiger partial charge on any atom is -0.352 e. The van der Waals surface area contributed by atoms with Gasteiger partial charge < -0.3 is 10.6 Å². The molecule has 7 heteroatoms. The number of piperidine rings is 2. The predicted octanol–water partition coefficient (Wildman–Crippen LogP) is 2.29. The first-order chi connectivity index (χ1) is 12.9. The summed E-state index contributed by atoms with van der Waals surface area (Å²) in [5.74, 6) is 0.242. The van der Waals surface area contributed by atoms with Crippen LogP contribution < -0.4 is 10.6 Å². The fourth-order valence-corrected chi connectivity index (χ4v) is 5.73. The van der Waals surface area contributed by atoms with E-state index in [1.54, 1.807) is 22.5 Å². The molecule has 3 rings (SSSR count). The summed E-state index contributed by atoms with van der Waals surface area (Å²) in [4.78, 5) is 12.9. The van der Waals surface area contributed by atoms with E-state index in [1.807, 2.05) is 13.8 Å². The normalized spacial score (nSPS) is 24.5. The Bertz CT molecular complexity index is 773. The van der Waals surface area contributed by atoms with Crippen LogP contribution in [-0.2, 0) is 10.0 Å². The predicted molar refractivity (Wildman–Crippen MR) is 106 cm³/mol. The van der Waals surface area contributed by atoms with Crippen molar-refractivity contribution in [2.45, 2.75) is 56.9 Å². The Kier molecular flexibility index (Phi) is 6.55. The number of amides is 1. The molecular formula is C20H31N3O3S. The van der Waals surface area contributed by atoms with Crippen molar-refractivity contribution < 1.29 is 13.2 Å². The van der Waals surface area contributed by atoms with Crippen LogP contribution in [0.15, 0.2) is 23.1 Å². The van der Waals surface area contributed by atoms with E-state index in [2.05, 4.69) is 10.6 Å². The summed E-state index contributed by atoms with van der Waals surface area (Å²) in [6.07, 6.45) is 5.06. The van der Waals surface area contributed by atoms with Gasteiger partial charge in [0.05, 0.1) is 4.90 Å². The molecule has 2 aliphatic heterocycles. The fraction of sp³-hybridized carbons (Fsp3) is 0.650. The van der Waals surface area contributed by atoms with Crippen molar-refractivity contribution in [1.82, 2.24) is 14.9 Å². The van der Waals surface area contributed by atoms with Gasteiger partial charge in [0.25, 0.3) is 5.91 Å². The maximum absolute atomic E-state index is 13.1. The number of nitrogens with one attached hydrogen (secondary N) is 2. The number of hydrogen-bond acceptors (Lipinski definition) is 4. The number of rotatable bonds is 5. The molecule has 27 heavy (non-hydrogen) atoms. The third kappa shape index (κ3) is 4.70. The summed E-state index contributed by atoms with van der Waals surface area (Å²) in [7, 11) is -3.58. The second-order valence-corrected chi connectivity index (χ2v) is 9.75. The van der Waals surface area contributed by atoms with Gasteiger partial charge in [0.1, 0.15) is 0 Å². The lowest BCUT2D eigenvalue weighted by Gasteiger charge is -2.32. The van der Waals surface area contributed by atoms with Crippen molar-refractivity contribution in [3.63, 3.8) is 0 Å². The molecule has 2 fully saturated rings. The van der Waals surface area contributed by atoms with Crippen molar-refractivity contribution in [2.75, 3.05) is 26.2 Å². The summed E-state index contributed by atoms with van der Waals surface area (Å²) in [5, 5.41) is 6.33. The van der Waals surface area contributed by atoms with Gasteiger partial charge in [0.15, 0.2) is 0 Å². The summed E-state index contributed by atoms with van der Waals surface area (Å²) >= 11 is 0. The molecule has 0 saturated carbocycles. The van der Waals surface area contributed by atoms with E-state index in [9.17, 15) is 13.2 Å². The molecule has 2 aliphatic rings. The Labute approximate surface area is 162 Å². The number of hydrogen-bond donors (Lipinski definition) is 2. The van der Waals surface area contributed by atoms with Gasteiger partial charge in [-0.05, 0) is 76.2 Å². The average molecular weight is 394 g/mol. The number of sulfonamides is 1. The third-order valence-electron chi connectivity index (χ3n) is 5.75. The van der Waals surface area contributed by atoms with Gasteiger partial charge >= 0.3 is 0 Å². The van der Waals surface area contributed by atoms with E-state index in [-0.39, 0.29) is 16.8 Å². The Morgan fingerprint density at radius 1 is 1.26 bits per heavy atom. The Morgan fingerprint density at radius 2 is 2.07 bits per heavy atom. The van der Waals surface area contributed by atoms with Crippen LogP contribution in [0.1, 0.15) is 54.9 Å². The van der Waals surface area contributed by atoms with E-state index in [4.69, 9.17) is 0 Å². The van der Waals surface area contributed by atoms with E-state index in [0.717, 1.165) is 50.8 Å². The minimum atomic E-state index is -3.58. The zero-order valence-electron chi connectivity index (χ0n) is 16.3. The van der Waals surface area contributed by atoms with Crippen molar-refractivity contribution >= 4 is 15.9 Å². The highest BCUT2D eigenvalue weighted by molar-refractivity contribution is 7.89. The molecule has 2 saturated heterocycles. The van der Waals surface area contributed by atoms with E-state index >= 15 is 0 Å². The van der Waals surface area contributed by atoms with E-state index in [0.29, 0.717) is 24.6 Å². The van der Waals surface area contributed by atoms with Crippen molar-refractivity contribution in [3.8, 4) is 0 Å². The summed E-state index contributed by atoms with van der Waals surface area (Å²) < 4.78 is 27.7. The first-order valence-electron chi connectivity index (χ1n) is 10.0. The number of nitrogens with zero attached hydrogens (tertiary/aromatic N) is 1. The summed E-state index contributed by atoms with van der Waals surface area (Å²) in [5.41, 5.74) is 1.24. The topological polar surface area (TPSA) is 78.5 Å². The molecule has 2 unspecified atom stereocenters. The summed E-state index contributed by atoms with van der Waals surface area (Å²) in [6.45, 7) is 6.92. The average Bonchev–Trinajstić information content (AvgIpc) is 2.67. The van der Waals surface area contributed by atoms with Gasteiger partial charge in [0.2, 0.25) is 10.0 Å². The maximum atomic E-state index is 13.1. The van der Waals surface area contributed by atoms with Crippen LogP contribution in [0.2, 0.25) is 0 Å². The molecule has 2 N–H and O–H groups in total. The van der Waals surface area contributed by atoms with E-state index in [1.165, 1.54) is 0 Å². The molecule has 0 aromatic heterocycles. The number of benzene rings is 1. The largest absolute Gasteiger partial charge is 0.352 e. The lowest BCUT2D eigenvalue weighted by molar-refractivity contribution is 0.0944. The highest BCUT2D eigenvalue weighted by Gasteiger charge is 2.31. The van der Waals surface area contributed by atoms with Crippen molar-refractivity contribution in [1.29, 1.82) is 0 Å². The Balaban J connectivity index is 1.75. The molecule has 6 nitrogen and oxygen atoms in total. The van der Waals surface area contributed by atoms with Gasteiger partial charge in [-0.15, -0.1) is 0 Å². The Hall–Kier alpha value is -1.44. The van der Waals surface area contributed by atoms with Crippen LogP contribution in [0.4, 0.5) is 0 Å². The first kappa shape index (κ1) is 20.3. The fourth-order valence-electron chi connectivity index (χ4n) is 4.00. The lowest BCUT2D eigenvalue weighted by Crippen LogP contribution is -2.42. The third-order valence-corrected chi connectivity index (χ3v) is 7.76. The monoisotopic (exact) mass is 393 g/mol. The van der Waals surface area contributed by atoms with Crippen LogP contribution in [0.25, 0.3) is 0 Å². The van der Waals surface area contributed by atoms with Gasteiger partial charge in [0, 0.05) is 24.7 Å². The second-order valence-electron chi connectivity index (χ2n) is 7.86. The molecule has 1 aromatic rings. The molecular weight excluding hydrogens is 362 g/mol. The highest BCUT2D eigenvalue weighted by Crippen LogP contribution is 2.26. The number of carbonyl (C=O) groups excluding carboxylic acids is 1. The van der Waals surface area contributed by atoms with Crippen molar-refractivity contribution in [2.24, 2.45) is 5.92 Å². The molecule has 0 aliphatic carbocycles. The molecule has 0 spiro atoms. The van der Waals surface area contributed by atoms with Gasteiger partial charge in [-0.3, -0.25) is 4.79 Å². The SMILES string of the molecule is Cc1ccc(S(=O)(=O)N2CCCCC2C)cc1C(=O)NCC1CCCNC1. The number of aryl methyl sites for hydroxylation is 1. The second kappa shape index (κ2) is 8.71. The first-order valence-corrected chi connectivity index (χ1v) is 11.4. The van der Waals surface area contributed by atoms with Crippen LogP contribution in [-0.4, -0.2) is 50.9 Å².